The van der Waals surface area contributed by atoms with Gasteiger partial charge in [-0.3, -0.25) is 10.6 Å². The fourth-order valence-electron chi connectivity index (χ4n) is 0.865. The minimum atomic E-state index is -0.910. The first-order valence-corrected chi connectivity index (χ1v) is 4.31. The Labute approximate surface area is 74.0 Å². The van der Waals surface area contributed by atoms with E-state index in [1.54, 1.807) is 0 Å². The van der Waals surface area contributed by atoms with Gasteiger partial charge in [0.2, 0.25) is 0 Å². The average Bonchev–Trinajstić information content (AvgIpc) is 1.84. The number of hydrogen-bond donors (Lipinski definition) is 4. The molecule has 0 fully saturated rings. The zero-order valence-electron chi connectivity index (χ0n) is 8.20. The number of nitrogens with one attached hydrogen (secondary N) is 2. The normalized spacial score (nSPS) is 17.0. The number of rotatable bonds is 5. The standard InChI is InChI=1S/C8H20N2O2/c1-5(2)9-7(11)8(12)10-6(3)4/h5-12H,1-4H3. The van der Waals surface area contributed by atoms with Crippen molar-refractivity contribution in [3.63, 3.8) is 0 Å². The van der Waals surface area contributed by atoms with Gasteiger partial charge in [0.1, 0.15) is 12.5 Å². The van der Waals surface area contributed by atoms with Crippen molar-refractivity contribution in [2.24, 2.45) is 0 Å². The van der Waals surface area contributed by atoms with Crippen molar-refractivity contribution >= 4 is 0 Å². The third kappa shape index (κ3) is 5.49. The molecule has 4 nitrogen and oxygen atoms in total. The van der Waals surface area contributed by atoms with Gasteiger partial charge in [-0.2, -0.15) is 0 Å². The molecule has 0 spiro atoms. The van der Waals surface area contributed by atoms with Crippen molar-refractivity contribution < 1.29 is 10.2 Å². The van der Waals surface area contributed by atoms with Crippen LogP contribution in [0.5, 0.6) is 0 Å². The van der Waals surface area contributed by atoms with Crippen molar-refractivity contribution in [1.82, 2.24) is 10.6 Å². The molecule has 0 aliphatic heterocycles. The number of aliphatic hydroxyl groups excluding tert-OH is 2. The molecule has 0 radical (unpaired) electrons. The highest BCUT2D eigenvalue weighted by Crippen LogP contribution is 1.90. The first kappa shape index (κ1) is 11.8. The Hall–Kier alpha value is -0.160. The SMILES string of the molecule is CC(C)NC(O)C(O)NC(C)C. The molecule has 4 heteroatoms. The van der Waals surface area contributed by atoms with Gasteiger partial charge in [-0.25, -0.2) is 0 Å². The van der Waals surface area contributed by atoms with Gasteiger partial charge >= 0.3 is 0 Å². The van der Waals surface area contributed by atoms with Gasteiger partial charge in [-0.05, 0) is 27.7 Å². The molecule has 0 aliphatic carbocycles. The van der Waals surface area contributed by atoms with E-state index in [0.29, 0.717) is 0 Å². The van der Waals surface area contributed by atoms with Crippen LogP contribution in [0.2, 0.25) is 0 Å². The molecule has 0 aliphatic rings. The lowest BCUT2D eigenvalue weighted by molar-refractivity contribution is -0.0292. The van der Waals surface area contributed by atoms with E-state index in [9.17, 15) is 10.2 Å². The monoisotopic (exact) mass is 176 g/mol. The van der Waals surface area contributed by atoms with Crippen molar-refractivity contribution in [3.8, 4) is 0 Å². The Morgan fingerprint density at radius 1 is 0.750 bits per heavy atom. The van der Waals surface area contributed by atoms with Crippen LogP contribution in [0.25, 0.3) is 0 Å². The third-order valence-electron chi connectivity index (χ3n) is 1.31. The van der Waals surface area contributed by atoms with Crippen molar-refractivity contribution in [2.75, 3.05) is 0 Å². The maximum Gasteiger partial charge on any atom is 0.144 e. The molecule has 0 rings (SSSR count). The maximum atomic E-state index is 9.31. The Morgan fingerprint density at radius 2 is 1.00 bits per heavy atom. The lowest BCUT2D eigenvalue weighted by atomic mass is 10.3. The molecule has 0 aromatic rings. The Balaban J connectivity index is 3.68. The fourth-order valence-corrected chi connectivity index (χ4v) is 0.865. The van der Waals surface area contributed by atoms with E-state index in [1.807, 2.05) is 27.7 Å². The molecule has 74 valence electrons. The lowest BCUT2D eigenvalue weighted by Gasteiger charge is -2.23. The second-order valence-corrected chi connectivity index (χ2v) is 3.53. The minimum Gasteiger partial charge on any atom is -0.374 e. The van der Waals surface area contributed by atoms with Crippen LogP contribution in [0.3, 0.4) is 0 Å². The summed E-state index contributed by atoms with van der Waals surface area (Å²) < 4.78 is 0. The van der Waals surface area contributed by atoms with Crippen molar-refractivity contribution in [1.29, 1.82) is 0 Å². The molecule has 0 saturated heterocycles. The van der Waals surface area contributed by atoms with Crippen LogP contribution in [0, 0.1) is 0 Å². The third-order valence-corrected chi connectivity index (χ3v) is 1.31. The van der Waals surface area contributed by atoms with Crippen LogP contribution in [0.1, 0.15) is 27.7 Å². The van der Waals surface area contributed by atoms with Gasteiger partial charge in [0, 0.05) is 12.1 Å². The van der Waals surface area contributed by atoms with Crippen LogP contribution >= 0.6 is 0 Å². The molecule has 0 saturated carbocycles. The topological polar surface area (TPSA) is 64.5 Å². The van der Waals surface area contributed by atoms with E-state index in [2.05, 4.69) is 10.6 Å². The van der Waals surface area contributed by atoms with Gasteiger partial charge in [0.15, 0.2) is 0 Å². The summed E-state index contributed by atoms with van der Waals surface area (Å²) in [7, 11) is 0. The van der Waals surface area contributed by atoms with Gasteiger partial charge in [-0.15, -0.1) is 0 Å². The number of hydrogen-bond acceptors (Lipinski definition) is 4. The summed E-state index contributed by atoms with van der Waals surface area (Å²) in [4.78, 5) is 0. The molecule has 0 heterocycles. The number of aliphatic hydroxyl groups is 2. The molecule has 0 amide bonds. The highest BCUT2D eigenvalue weighted by Gasteiger charge is 2.16. The van der Waals surface area contributed by atoms with Crippen LogP contribution in [-0.2, 0) is 0 Å². The minimum absolute atomic E-state index is 0.156. The molecule has 2 unspecified atom stereocenters. The van der Waals surface area contributed by atoms with E-state index in [4.69, 9.17) is 0 Å². The predicted molar refractivity (Wildman–Crippen MR) is 48.6 cm³/mol. The second kappa shape index (κ2) is 5.48. The first-order valence-electron chi connectivity index (χ1n) is 4.31. The maximum absolute atomic E-state index is 9.31. The predicted octanol–water partition coefficient (Wildman–Crippen LogP) is -0.381. The van der Waals surface area contributed by atoms with E-state index < -0.39 is 12.5 Å². The summed E-state index contributed by atoms with van der Waals surface area (Å²) in [6.07, 6.45) is -1.82. The summed E-state index contributed by atoms with van der Waals surface area (Å²) in [5.41, 5.74) is 0. The largest absolute Gasteiger partial charge is 0.374 e. The molecular weight excluding hydrogens is 156 g/mol. The summed E-state index contributed by atoms with van der Waals surface area (Å²) in [6, 6.07) is 0.312. The summed E-state index contributed by atoms with van der Waals surface area (Å²) in [5, 5.41) is 24.2. The van der Waals surface area contributed by atoms with Crippen LogP contribution in [-0.4, -0.2) is 34.8 Å². The van der Waals surface area contributed by atoms with Crippen molar-refractivity contribution in [2.45, 2.75) is 52.2 Å². The average molecular weight is 176 g/mol. The summed E-state index contributed by atoms with van der Waals surface area (Å²) in [6.45, 7) is 7.63. The van der Waals surface area contributed by atoms with Gasteiger partial charge < -0.3 is 10.2 Å². The zero-order valence-corrected chi connectivity index (χ0v) is 8.20. The second-order valence-electron chi connectivity index (χ2n) is 3.53. The Kier molecular flexibility index (Phi) is 5.41. The fraction of sp³-hybridized carbons (Fsp3) is 1.00. The molecule has 12 heavy (non-hydrogen) atoms. The first-order chi connectivity index (χ1) is 5.43. The van der Waals surface area contributed by atoms with E-state index >= 15 is 0 Å². The van der Waals surface area contributed by atoms with Crippen LogP contribution in [0.15, 0.2) is 0 Å². The molecule has 4 N–H and O–H groups in total. The van der Waals surface area contributed by atoms with E-state index in [-0.39, 0.29) is 12.1 Å². The zero-order chi connectivity index (χ0) is 9.72. The van der Waals surface area contributed by atoms with Crippen LogP contribution < -0.4 is 10.6 Å². The molecule has 0 aromatic heterocycles. The highest BCUT2D eigenvalue weighted by atomic mass is 16.4. The molecule has 0 aromatic carbocycles. The quantitative estimate of drug-likeness (QED) is 0.431. The Bertz CT molecular complexity index is 104. The highest BCUT2D eigenvalue weighted by molar-refractivity contribution is 4.67. The van der Waals surface area contributed by atoms with Gasteiger partial charge in [-0.1, -0.05) is 0 Å². The van der Waals surface area contributed by atoms with Gasteiger partial charge in [0.25, 0.3) is 0 Å². The van der Waals surface area contributed by atoms with E-state index in [0.717, 1.165) is 0 Å². The Morgan fingerprint density at radius 3 is 1.17 bits per heavy atom. The van der Waals surface area contributed by atoms with Crippen molar-refractivity contribution in [3.05, 3.63) is 0 Å². The van der Waals surface area contributed by atoms with E-state index in [1.165, 1.54) is 0 Å². The lowest BCUT2D eigenvalue weighted by Crippen LogP contribution is -2.51. The molecular formula is C8H20N2O2. The summed E-state index contributed by atoms with van der Waals surface area (Å²) in [5.74, 6) is 0. The smallest absolute Gasteiger partial charge is 0.144 e. The molecule has 0 bridgehead atoms. The van der Waals surface area contributed by atoms with Crippen LogP contribution in [0.4, 0.5) is 0 Å². The van der Waals surface area contributed by atoms with Gasteiger partial charge in [0.05, 0.1) is 0 Å². The molecule has 2 atom stereocenters. The summed E-state index contributed by atoms with van der Waals surface area (Å²) >= 11 is 0.